The van der Waals surface area contributed by atoms with Crippen LogP contribution in [0, 0.1) is 0 Å². The fourth-order valence-corrected chi connectivity index (χ4v) is 3.55. The Labute approximate surface area is 174 Å². The van der Waals surface area contributed by atoms with Crippen LogP contribution in [0.4, 0.5) is 13.2 Å². The molecule has 156 valence electrons. The van der Waals surface area contributed by atoms with Crippen molar-refractivity contribution in [3.8, 4) is 11.5 Å². The summed E-state index contributed by atoms with van der Waals surface area (Å²) in [7, 11) is 0. The van der Waals surface area contributed by atoms with E-state index in [0.717, 1.165) is 12.1 Å². The predicted molar refractivity (Wildman–Crippen MR) is 103 cm³/mol. The molecule has 5 rings (SSSR count). The molecule has 0 unspecified atom stereocenters. The molecule has 0 fully saturated rings. The molecule has 0 radical (unpaired) electrons. The summed E-state index contributed by atoms with van der Waals surface area (Å²) < 4.78 is 43.8. The zero-order chi connectivity index (χ0) is 21.6. The smallest absolute Gasteiger partial charge is 0.359 e. The van der Waals surface area contributed by atoms with Gasteiger partial charge in [0.2, 0.25) is 0 Å². The summed E-state index contributed by atoms with van der Waals surface area (Å²) in [4.78, 5) is 32.2. The molecule has 31 heavy (non-hydrogen) atoms. The standard InChI is InChI=1S/C18H10F3N7O2S/c19-18(20,21)8-1-2-10-11(3-8)27-15(26-10)12-4-9(30-28-12)5-22-16(29)13-14-17(24-6-23-13)31-7-25-14/h1-4,6-7H,5H2,(H,22,29)(H,26,27). The van der Waals surface area contributed by atoms with Gasteiger partial charge in [-0.1, -0.05) is 5.16 Å². The normalized spacial score (nSPS) is 12.0. The van der Waals surface area contributed by atoms with Gasteiger partial charge in [-0.3, -0.25) is 4.79 Å². The molecule has 2 N–H and O–H groups in total. The lowest BCUT2D eigenvalue weighted by molar-refractivity contribution is -0.137. The van der Waals surface area contributed by atoms with Crippen LogP contribution < -0.4 is 5.32 Å². The van der Waals surface area contributed by atoms with Gasteiger partial charge in [-0.05, 0) is 18.2 Å². The first-order valence-electron chi connectivity index (χ1n) is 8.74. The maximum absolute atomic E-state index is 12.9. The molecule has 9 nitrogen and oxygen atoms in total. The van der Waals surface area contributed by atoms with E-state index in [1.54, 1.807) is 5.51 Å². The second kappa shape index (κ2) is 7.12. The summed E-state index contributed by atoms with van der Waals surface area (Å²) in [5.74, 6) is 0.110. The minimum atomic E-state index is -4.45. The number of carbonyl (C=O) groups excluding carboxylic acids is 1. The Kier molecular flexibility index (Phi) is 4.39. The Bertz CT molecular complexity index is 1420. The summed E-state index contributed by atoms with van der Waals surface area (Å²) >= 11 is 1.29. The van der Waals surface area contributed by atoms with Crippen LogP contribution in [0.2, 0.25) is 0 Å². The molecule has 1 aromatic carbocycles. The van der Waals surface area contributed by atoms with E-state index >= 15 is 0 Å². The minimum Gasteiger partial charge on any atom is -0.359 e. The Morgan fingerprint density at radius 1 is 1.19 bits per heavy atom. The number of amides is 1. The zero-order valence-corrected chi connectivity index (χ0v) is 16.1. The molecule has 1 amide bonds. The third-order valence-corrected chi connectivity index (χ3v) is 5.12. The van der Waals surface area contributed by atoms with E-state index < -0.39 is 17.6 Å². The van der Waals surface area contributed by atoms with Gasteiger partial charge >= 0.3 is 6.18 Å². The number of thiazole rings is 1. The number of hydrogen-bond donors (Lipinski definition) is 2. The van der Waals surface area contributed by atoms with Crippen LogP contribution >= 0.6 is 11.3 Å². The zero-order valence-electron chi connectivity index (χ0n) is 15.3. The number of aromatic nitrogens is 6. The van der Waals surface area contributed by atoms with Crippen LogP contribution in [0.1, 0.15) is 21.8 Å². The summed E-state index contributed by atoms with van der Waals surface area (Å²) in [5, 5.41) is 6.53. The Morgan fingerprint density at radius 2 is 2.06 bits per heavy atom. The first-order chi connectivity index (χ1) is 14.9. The van der Waals surface area contributed by atoms with Gasteiger partial charge in [0.15, 0.2) is 17.3 Å². The minimum absolute atomic E-state index is 0.0138. The molecule has 0 spiro atoms. The Balaban J connectivity index is 1.33. The number of H-pyrrole nitrogens is 1. The highest BCUT2D eigenvalue weighted by Crippen LogP contribution is 2.31. The second-order valence-electron chi connectivity index (χ2n) is 6.40. The first kappa shape index (κ1) is 19.1. The number of benzene rings is 1. The van der Waals surface area contributed by atoms with Gasteiger partial charge in [-0.2, -0.15) is 13.2 Å². The van der Waals surface area contributed by atoms with E-state index in [9.17, 15) is 18.0 Å². The number of rotatable bonds is 4. The maximum atomic E-state index is 12.9. The second-order valence-corrected chi connectivity index (χ2v) is 7.24. The fourth-order valence-electron chi connectivity index (χ4n) is 2.93. The number of carbonyl (C=O) groups is 1. The molecule has 0 aliphatic rings. The van der Waals surface area contributed by atoms with Crippen molar-refractivity contribution >= 4 is 38.6 Å². The molecule has 0 bridgehead atoms. The maximum Gasteiger partial charge on any atom is 0.416 e. The Hall–Kier alpha value is -3.87. The summed E-state index contributed by atoms with van der Waals surface area (Å²) in [5.41, 5.74) is 2.21. The number of fused-ring (bicyclic) bond motifs is 2. The van der Waals surface area contributed by atoms with E-state index in [1.165, 1.54) is 29.8 Å². The predicted octanol–water partition coefficient (Wildman–Crippen LogP) is 3.57. The first-order valence-corrected chi connectivity index (χ1v) is 9.62. The van der Waals surface area contributed by atoms with E-state index in [1.807, 2.05) is 0 Å². The van der Waals surface area contributed by atoms with Crippen LogP contribution in [0.5, 0.6) is 0 Å². The molecule has 0 atom stereocenters. The monoisotopic (exact) mass is 445 g/mol. The van der Waals surface area contributed by atoms with Crippen LogP contribution in [0.25, 0.3) is 32.9 Å². The summed E-state index contributed by atoms with van der Waals surface area (Å²) in [6.07, 6.45) is -3.17. The van der Waals surface area contributed by atoms with Crippen LogP contribution in [-0.4, -0.2) is 36.0 Å². The topological polar surface area (TPSA) is 122 Å². The van der Waals surface area contributed by atoms with Crippen molar-refractivity contribution in [1.29, 1.82) is 0 Å². The van der Waals surface area contributed by atoms with Gasteiger partial charge in [0, 0.05) is 6.07 Å². The van der Waals surface area contributed by atoms with Crippen molar-refractivity contribution in [3.63, 3.8) is 0 Å². The number of hydrogen-bond acceptors (Lipinski definition) is 8. The molecule has 4 heterocycles. The highest BCUT2D eigenvalue weighted by atomic mass is 32.1. The van der Waals surface area contributed by atoms with Crippen molar-refractivity contribution < 1.29 is 22.5 Å². The van der Waals surface area contributed by atoms with Crippen molar-refractivity contribution in [2.75, 3.05) is 0 Å². The van der Waals surface area contributed by atoms with Crippen molar-refractivity contribution in [3.05, 3.63) is 53.1 Å². The lowest BCUT2D eigenvalue weighted by Gasteiger charge is -2.05. The molecule has 0 saturated heterocycles. The van der Waals surface area contributed by atoms with Crippen LogP contribution in [-0.2, 0) is 12.7 Å². The molecule has 0 aliphatic heterocycles. The average molecular weight is 445 g/mol. The van der Waals surface area contributed by atoms with E-state index in [-0.39, 0.29) is 29.3 Å². The quantitative estimate of drug-likeness (QED) is 0.434. The fraction of sp³-hybridized carbons (Fsp3) is 0.111. The largest absolute Gasteiger partial charge is 0.416 e. The van der Waals surface area contributed by atoms with Crippen molar-refractivity contribution in [2.45, 2.75) is 12.7 Å². The van der Waals surface area contributed by atoms with Gasteiger partial charge in [-0.25, -0.2) is 19.9 Å². The molecule has 0 aliphatic carbocycles. The molecule has 0 saturated carbocycles. The number of nitrogens with zero attached hydrogens (tertiary/aromatic N) is 5. The van der Waals surface area contributed by atoms with Gasteiger partial charge < -0.3 is 14.8 Å². The molecule has 5 aromatic rings. The number of nitrogens with one attached hydrogen (secondary N) is 2. The lowest BCUT2D eigenvalue weighted by Crippen LogP contribution is -2.24. The summed E-state index contributed by atoms with van der Waals surface area (Å²) in [6.45, 7) is 0.0138. The van der Waals surface area contributed by atoms with E-state index in [2.05, 4.69) is 35.4 Å². The number of aromatic amines is 1. The van der Waals surface area contributed by atoms with Gasteiger partial charge in [0.05, 0.1) is 28.7 Å². The number of halogens is 3. The highest BCUT2D eigenvalue weighted by Gasteiger charge is 2.30. The average Bonchev–Trinajstić information content (AvgIpc) is 3.49. The van der Waals surface area contributed by atoms with Crippen molar-refractivity contribution in [1.82, 2.24) is 35.4 Å². The number of imidazole rings is 1. The SMILES string of the molecule is O=C(NCc1cc(-c2nc3ccc(C(F)(F)F)cc3[nH]2)no1)c1ncnc2scnc12. The summed E-state index contributed by atoms with van der Waals surface area (Å²) in [6, 6.07) is 4.75. The molecular formula is C18H10F3N7O2S. The van der Waals surface area contributed by atoms with Crippen LogP contribution in [0.15, 0.2) is 40.6 Å². The lowest BCUT2D eigenvalue weighted by atomic mass is 10.2. The molecule has 13 heteroatoms. The third-order valence-electron chi connectivity index (χ3n) is 4.38. The van der Waals surface area contributed by atoms with Gasteiger partial charge in [0.1, 0.15) is 22.4 Å². The Morgan fingerprint density at radius 3 is 2.90 bits per heavy atom. The van der Waals surface area contributed by atoms with Crippen molar-refractivity contribution in [2.24, 2.45) is 0 Å². The van der Waals surface area contributed by atoms with Gasteiger partial charge in [0.25, 0.3) is 5.91 Å². The van der Waals surface area contributed by atoms with Crippen LogP contribution in [0.3, 0.4) is 0 Å². The number of alkyl halides is 3. The molecule has 4 aromatic heterocycles. The third kappa shape index (κ3) is 3.59. The van der Waals surface area contributed by atoms with E-state index in [0.29, 0.717) is 21.6 Å². The molecular weight excluding hydrogens is 435 g/mol. The highest BCUT2D eigenvalue weighted by molar-refractivity contribution is 7.16. The van der Waals surface area contributed by atoms with Gasteiger partial charge in [-0.15, -0.1) is 11.3 Å². The van der Waals surface area contributed by atoms with E-state index in [4.69, 9.17) is 4.52 Å².